The number of aromatic hydroxyl groups is 1. The summed E-state index contributed by atoms with van der Waals surface area (Å²) in [4.78, 5) is 44.1. The Balaban J connectivity index is 1.94. The molecule has 0 aliphatic rings. The first-order valence-corrected chi connectivity index (χ1v) is 11.8. The third-order valence-corrected chi connectivity index (χ3v) is 6.49. The zero-order valence-electron chi connectivity index (χ0n) is 21.9. The minimum atomic E-state index is -0.839. The molecule has 3 heterocycles. The van der Waals surface area contributed by atoms with E-state index in [-0.39, 0.29) is 17.4 Å². The van der Waals surface area contributed by atoms with Crippen molar-refractivity contribution in [2.45, 2.75) is 25.7 Å². The van der Waals surface area contributed by atoms with E-state index in [0.29, 0.717) is 22.5 Å². The van der Waals surface area contributed by atoms with Crippen LogP contribution in [0.25, 0.3) is 0 Å². The van der Waals surface area contributed by atoms with Crippen molar-refractivity contribution in [1.82, 2.24) is 24.5 Å². The Hall–Kier alpha value is -5.25. The standard InChI is InChI=1S/C26H26N8O5/c1-14(23-30-21(22(36)26(38)34(23)5)25(37)29-17-11-28-39-13-17)20(18-9-7-6-8-16(18)10-27)19-12-32(3)31-24(19)33(4)15(2)35/h6-9,11-14,20,36H,1-5H3,(H,29,37)/t14-,20-/m1/s1. The van der Waals surface area contributed by atoms with Gasteiger partial charge in [0.25, 0.3) is 11.5 Å². The number of nitriles is 1. The van der Waals surface area contributed by atoms with Gasteiger partial charge in [0.15, 0.2) is 11.5 Å². The van der Waals surface area contributed by atoms with Crippen LogP contribution >= 0.6 is 0 Å². The van der Waals surface area contributed by atoms with Crippen molar-refractivity contribution in [3.8, 4) is 11.8 Å². The first-order chi connectivity index (χ1) is 18.5. The molecule has 0 bridgehead atoms. The molecule has 2 amide bonds. The van der Waals surface area contributed by atoms with Gasteiger partial charge in [-0.25, -0.2) is 4.98 Å². The molecule has 0 aliphatic heterocycles. The quantitative estimate of drug-likeness (QED) is 0.363. The van der Waals surface area contributed by atoms with Gasteiger partial charge in [0.05, 0.1) is 17.8 Å². The molecule has 0 aliphatic carbocycles. The van der Waals surface area contributed by atoms with Crippen molar-refractivity contribution in [1.29, 1.82) is 5.26 Å². The summed E-state index contributed by atoms with van der Waals surface area (Å²) >= 11 is 0. The number of anilines is 2. The van der Waals surface area contributed by atoms with E-state index < -0.39 is 34.7 Å². The van der Waals surface area contributed by atoms with Crippen LogP contribution < -0.4 is 15.8 Å². The lowest BCUT2D eigenvalue weighted by atomic mass is 9.79. The molecule has 39 heavy (non-hydrogen) atoms. The highest BCUT2D eigenvalue weighted by molar-refractivity contribution is 6.04. The molecule has 4 rings (SSSR count). The molecule has 13 nitrogen and oxygen atoms in total. The van der Waals surface area contributed by atoms with Gasteiger partial charge < -0.3 is 14.9 Å². The number of nitrogens with one attached hydrogen (secondary N) is 1. The number of benzene rings is 1. The summed E-state index contributed by atoms with van der Waals surface area (Å²) in [6, 6.07) is 9.16. The number of carbonyl (C=O) groups is 2. The van der Waals surface area contributed by atoms with Gasteiger partial charge in [-0.05, 0) is 11.6 Å². The lowest BCUT2D eigenvalue weighted by molar-refractivity contribution is -0.116. The maximum atomic E-state index is 13.0. The lowest BCUT2D eigenvalue weighted by Gasteiger charge is -2.28. The van der Waals surface area contributed by atoms with Gasteiger partial charge in [-0.3, -0.25) is 28.5 Å². The SMILES string of the molecule is CC(=O)N(C)c1nn(C)cc1[C@@H](c1ccccc1C#N)[C@@H](C)c1nc(C(=O)Nc2cnoc2)c(O)c(=O)n1C. The highest BCUT2D eigenvalue weighted by Gasteiger charge is 2.34. The van der Waals surface area contributed by atoms with E-state index in [1.165, 1.54) is 31.3 Å². The first-order valence-electron chi connectivity index (χ1n) is 11.8. The number of hydrogen-bond acceptors (Lipinski definition) is 9. The van der Waals surface area contributed by atoms with Gasteiger partial charge in [-0.1, -0.05) is 30.3 Å². The Morgan fingerprint density at radius 2 is 1.95 bits per heavy atom. The molecule has 4 aromatic rings. The summed E-state index contributed by atoms with van der Waals surface area (Å²) in [5.74, 6) is -2.68. The average Bonchev–Trinajstić information content (AvgIpc) is 3.56. The largest absolute Gasteiger partial charge is 0.501 e. The molecule has 0 radical (unpaired) electrons. The minimum Gasteiger partial charge on any atom is -0.501 e. The summed E-state index contributed by atoms with van der Waals surface area (Å²) in [6.07, 6.45) is 4.18. The summed E-state index contributed by atoms with van der Waals surface area (Å²) < 4.78 is 7.42. The number of aryl methyl sites for hydroxylation is 1. The number of nitrogens with zero attached hydrogens (tertiary/aromatic N) is 7. The molecule has 2 atom stereocenters. The molecule has 13 heteroatoms. The predicted octanol–water partition coefficient (Wildman–Crippen LogP) is 2.25. The average molecular weight is 531 g/mol. The van der Waals surface area contributed by atoms with Crippen molar-refractivity contribution in [2.24, 2.45) is 14.1 Å². The number of aromatic nitrogens is 5. The summed E-state index contributed by atoms with van der Waals surface area (Å²) in [6.45, 7) is 3.19. The van der Waals surface area contributed by atoms with Crippen LogP contribution in [0.1, 0.15) is 58.7 Å². The fourth-order valence-corrected chi connectivity index (χ4v) is 4.48. The topological polar surface area (TPSA) is 172 Å². The smallest absolute Gasteiger partial charge is 0.296 e. The van der Waals surface area contributed by atoms with E-state index in [9.17, 15) is 24.8 Å². The van der Waals surface area contributed by atoms with E-state index in [4.69, 9.17) is 4.52 Å². The molecular weight excluding hydrogens is 504 g/mol. The molecule has 1 aromatic carbocycles. The van der Waals surface area contributed by atoms with Gasteiger partial charge in [-0.2, -0.15) is 10.4 Å². The van der Waals surface area contributed by atoms with Crippen molar-refractivity contribution in [3.05, 3.63) is 81.5 Å². The van der Waals surface area contributed by atoms with Crippen LogP contribution in [0.4, 0.5) is 11.5 Å². The van der Waals surface area contributed by atoms with Crippen LogP contribution in [-0.2, 0) is 18.9 Å². The van der Waals surface area contributed by atoms with Gasteiger partial charge in [-0.15, -0.1) is 0 Å². The third-order valence-electron chi connectivity index (χ3n) is 6.49. The Morgan fingerprint density at radius 1 is 1.23 bits per heavy atom. The molecule has 3 aromatic heterocycles. The second kappa shape index (κ2) is 10.6. The van der Waals surface area contributed by atoms with Gasteiger partial charge in [0.1, 0.15) is 17.8 Å². The summed E-state index contributed by atoms with van der Waals surface area (Å²) in [7, 11) is 4.73. The molecule has 2 N–H and O–H groups in total. The monoisotopic (exact) mass is 530 g/mol. The van der Waals surface area contributed by atoms with Gasteiger partial charge in [0, 0.05) is 51.7 Å². The molecule has 0 saturated carbocycles. The van der Waals surface area contributed by atoms with Crippen LogP contribution in [-0.4, -0.2) is 48.5 Å². The van der Waals surface area contributed by atoms with Crippen LogP contribution in [0.5, 0.6) is 5.75 Å². The van der Waals surface area contributed by atoms with Crippen LogP contribution in [0, 0.1) is 11.3 Å². The zero-order chi connectivity index (χ0) is 28.4. The first kappa shape index (κ1) is 26.8. The van der Waals surface area contributed by atoms with Crippen molar-refractivity contribution in [3.63, 3.8) is 0 Å². The summed E-state index contributed by atoms with van der Waals surface area (Å²) in [5.41, 5.74) is 0.482. The molecule has 0 saturated heterocycles. The van der Waals surface area contributed by atoms with Crippen LogP contribution in [0.15, 0.2) is 52.2 Å². The Morgan fingerprint density at radius 3 is 2.59 bits per heavy atom. The highest BCUT2D eigenvalue weighted by atomic mass is 16.5. The molecule has 0 spiro atoms. The Kier molecular flexibility index (Phi) is 7.30. The van der Waals surface area contributed by atoms with Crippen LogP contribution in [0.2, 0.25) is 0 Å². The van der Waals surface area contributed by atoms with E-state index >= 15 is 0 Å². The van der Waals surface area contributed by atoms with E-state index in [1.807, 2.05) is 0 Å². The van der Waals surface area contributed by atoms with E-state index in [2.05, 4.69) is 26.6 Å². The maximum absolute atomic E-state index is 13.0. The van der Waals surface area contributed by atoms with Gasteiger partial charge in [0.2, 0.25) is 11.7 Å². The van der Waals surface area contributed by atoms with Crippen molar-refractivity contribution >= 4 is 23.3 Å². The normalized spacial score (nSPS) is 12.4. The minimum absolute atomic E-state index is 0.159. The van der Waals surface area contributed by atoms with Gasteiger partial charge >= 0.3 is 0 Å². The number of amides is 2. The van der Waals surface area contributed by atoms with E-state index in [1.54, 1.807) is 56.2 Å². The van der Waals surface area contributed by atoms with Crippen molar-refractivity contribution < 1.29 is 19.2 Å². The van der Waals surface area contributed by atoms with Crippen molar-refractivity contribution in [2.75, 3.05) is 17.3 Å². The van der Waals surface area contributed by atoms with E-state index in [0.717, 1.165) is 4.57 Å². The Labute approximate surface area is 222 Å². The number of hydrogen-bond donors (Lipinski definition) is 2. The number of carbonyl (C=O) groups excluding carboxylic acids is 2. The molecular formula is C26H26N8O5. The third kappa shape index (κ3) is 4.99. The summed E-state index contributed by atoms with van der Waals surface area (Å²) in [5, 5.41) is 30.9. The fourth-order valence-electron chi connectivity index (χ4n) is 4.48. The molecule has 0 unspecified atom stereocenters. The fraction of sp³-hybridized carbons (Fsp3) is 0.269. The van der Waals surface area contributed by atoms with Crippen LogP contribution in [0.3, 0.4) is 0 Å². The number of rotatable bonds is 7. The molecule has 0 fully saturated rings. The maximum Gasteiger partial charge on any atom is 0.296 e. The second-order valence-corrected chi connectivity index (χ2v) is 9.02. The molecule has 200 valence electrons. The Bertz CT molecular complexity index is 1650. The predicted molar refractivity (Wildman–Crippen MR) is 139 cm³/mol. The second-order valence-electron chi connectivity index (χ2n) is 9.02. The lowest BCUT2D eigenvalue weighted by Crippen LogP contribution is -2.30. The highest BCUT2D eigenvalue weighted by Crippen LogP contribution is 2.42. The zero-order valence-corrected chi connectivity index (χ0v) is 21.9.